The number of Topliss-reactive ketones (excluding diaryl/α,β-unsaturated/α-hetero) is 1. The first-order chi connectivity index (χ1) is 13.8. The molecular formula is C23H25NO4S. The van der Waals surface area contributed by atoms with Crippen LogP contribution < -0.4 is 5.32 Å². The van der Waals surface area contributed by atoms with Crippen LogP contribution in [0.5, 0.6) is 0 Å². The van der Waals surface area contributed by atoms with Gasteiger partial charge in [0.05, 0.1) is 17.6 Å². The number of hydrogen-bond acceptors (Lipinski definition) is 6. The first-order valence-electron chi connectivity index (χ1n) is 9.90. The number of furan rings is 1. The predicted octanol–water partition coefficient (Wildman–Crippen LogP) is 4.96. The molecule has 0 radical (unpaired) electrons. The normalized spacial score (nSPS) is 22.0. The summed E-state index contributed by atoms with van der Waals surface area (Å²) in [5, 5.41) is 5.39. The highest BCUT2D eigenvalue weighted by Crippen LogP contribution is 2.46. The number of ether oxygens (including phenoxy) is 1. The van der Waals surface area contributed by atoms with Crippen molar-refractivity contribution in [2.45, 2.75) is 58.5 Å². The Labute approximate surface area is 174 Å². The zero-order valence-corrected chi connectivity index (χ0v) is 17.9. The topological polar surface area (TPSA) is 68.5 Å². The molecule has 6 heteroatoms. The van der Waals surface area contributed by atoms with Gasteiger partial charge in [-0.25, -0.2) is 4.79 Å². The second-order valence-corrected chi connectivity index (χ2v) is 8.91. The van der Waals surface area contributed by atoms with Crippen molar-refractivity contribution in [2.75, 3.05) is 0 Å². The summed E-state index contributed by atoms with van der Waals surface area (Å²) >= 11 is 1.68. The highest BCUT2D eigenvalue weighted by atomic mass is 32.1. The Balaban J connectivity index is 1.79. The van der Waals surface area contributed by atoms with E-state index in [0.29, 0.717) is 29.0 Å². The second-order valence-electron chi connectivity index (χ2n) is 7.94. The SMILES string of the molecule is CC1=C(C(=O)OC(C)C)[C@@H](c2ccc(C)o2)C2=C(C[C@@H](c3cccs3)CC2=O)N1. The number of rotatable bonds is 4. The van der Waals surface area contributed by atoms with Crippen LogP contribution in [0.15, 0.2) is 56.6 Å². The number of carbonyl (C=O) groups excluding carboxylic acids is 2. The molecule has 0 fully saturated rings. The van der Waals surface area contributed by atoms with E-state index in [4.69, 9.17) is 9.15 Å². The van der Waals surface area contributed by atoms with Crippen LogP contribution in [-0.4, -0.2) is 17.9 Å². The lowest BCUT2D eigenvalue weighted by Crippen LogP contribution is -2.36. The average molecular weight is 412 g/mol. The van der Waals surface area contributed by atoms with Gasteiger partial charge in [0.1, 0.15) is 11.5 Å². The van der Waals surface area contributed by atoms with Gasteiger partial charge in [-0.3, -0.25) is 4.79 Å². The number of carbonyl (C=O) groups is 2. The molecule has 0 unspecified atom stereocenters. The minimum Gasteiger partial charge on any atom is -0.465 e. The summed E-state index contributed by atoms with van der Waals surface area (Å²) in [6.45, 7) is 7.36. The minimum absolute atomic E-state index is 0.0542. The Hall–Kier alpha value is -2.60. The standard InChI is InChI=1S/C23H25NO4S/c1-12(2)27-23(26)20-14(4)24-16-10-15(19-6-5-9-29-19)11-17(25)21(16)22(20)18-8-7-13(3)28-18/h5-9,12,15,22,24H,10-11H2,1-4H3/t15-,22-/m1/s1. The lowest BCUT2D eigenvalue weighted by atomic mass is 9.74. The molecule has 152 valence electrons. The molecule has 1 N–H and O–H groups in total. The monoisotopic (exact) mass is 411 g/mol. The maximum Gasteiger partial charge on any atom is 0.337 e. The number of thiophene rings is 1. The maximum absolute atomic E-state index is 13.3. The molecule has 0 bridgehead atoms. The van der Waals surface area contributed by atoms with Crippen molar-refractivity contribution in [2.24, 2.45) is 0 Å². The van der Waals surface area contributed by atoms with Crippen LogP contribution in [0.3, 0.4) is 0 Å². The number of hydrogen-bond donors (Lipinski definition) is 1. The van der Waals surface area contributed by atoms with Crippen molar-refractivity contribution in [1.29, 1.82) is 0 Å². The molecular weight excluding hydrogens is 386 g/mol. The molecule has 1 aliphatic carbocycles. The van der Waals surface area contributed by atoms with Crippen molar-refractivity contribution < 1.29 is 18.7 Å². The first kappa shape index (κ1) is 19.7. The quantitative estimate of drug-likeness (QED) is 0.720. The summed E-state index contributed by atoms with van der Waals surface area (Å²) in [7, 11) is 0. The highest BCUT2D eigenvalue weighted by Gasteiger charge is 2.43. The highest BCUT2D eigenvalue weighted by molar-refractivity contribution is 7.10. The van der Waals surface area contributed by atoms with Gasteiger partial charge in [0.2, 0.25) is 0 Å². The molecule has 2 atom stereocenters. The van der Waals surface area contributed by atoms with E-state index in [-0.39, 0.29) is 17.8 Å². The molecule has 0 saturated heterocycles. The molecule has 2 aromatic rings. The Morgan fingerprint density at radius 1 is 1.24 bits per heavy atom. The van der Waals surface area contributed by atoms with Crippen molar-refractivity contribution in [3.63, 3.8) is 0 Å². The van der Waals surface area contributed by atoms with Crippen LogP contribution in [0.1, 0.15) is 61.8 Å². The molecule has 0 saturated carbocycles. The van der Waals surface area contributed by atoms with Crippen LogP contribution in [-0.2, 0) is 14.3 Å². The third-order valence-electron chi connectivity index (χ3n) is 5.38. The van der Waals surface area contributed by atoms with Gasteiger partial charge in [0.15, 0.2) is 5.78 Å². The summed E-state index contributed by atoms with van der Waals surface area (Å²) in [6.07, 6.45) is 0.923. The summed E-state index contributed by atoms with van der Waals surface area (Å²) < 4.78 is 11.4. The van der Waals surface area contributed by atoms with E-state index in [1.165, 1.54) is 4.88 Å². The fourth-order valence-corrected chi connectivity index (χ4v) is 5.04. The van der Waals surface area contributed by atoms with Gasteiger partial charge in [-0.1, -0.05) is 6.07 Å². The fourth-order valence-electron chi connectivity index (χ4n) is 4.21. The minimum atomic E-state index is -0.539. The van der Waals surface area contributed by atoms with Gasteiger partial charge in [0.25, 0.3) is 0 Å². The van der Waals surface area contributed by atoms with Gasteiger partial charge < -0.3 is 14.5 Å². The summed E-state index contributed by atoms with van der Waals surface area (Å²) in [5.74, 6) is 0.610. The van der Waals surface area contributed by atoms with Crippen molar-refractivity contribution >= 4 is 23.1 Å². The number of nitrogens with one attached hydrogen (secondary N) is 1. The van der Waals surface area contributed by atoms with E-state index in [1.54, 1.807) is 11.3 Å². The van der Waals surface area contributed by atoms with Gasteiger partial charge >= 0.3 is 5.97 Å². The van der Waals surface area contributed by atoms with Crippen LogP contribution in [0.25, 0.3) is 0 Å². The molecule has 1 aliphatic heterocycles. The number of aryl methyl sites for hydroxylation is 1. The van der Waals surface area contributed by atoms with E-state index in [1.807, 2.05) is 51.3 Å². The zero-order valence-electron chi connectivity index (χ0n) is 17.1. The van der Waals surface area contributed by atoms with Crippen molar-refractivity contribution in [1.82, 2.24) is 5.32 Å². The van der Waals surface area contributed by atoms with E-state index < -0.39 is 11.9 Å². The van der Waals surface area contributed by atoms with E-state index >= 15 is 0 Å². The molecule has 0 aromatic carbocycles. The number of dihydropyridines is 1. The third kappa shape index (κ3) is 3.69. The molecule has 2 aliphatic rings. The molecule has 3 heterocycles. The summed E-state index contributed by atoms with van der Waals surface area (Å²) in [6, 6.07) is 7.81. The fraction of sp³-hybridized carbons (Fsp3) is 0.391. The van der Waals surface area contributed by atoms with Crippen molar-refractivity contribution in [3.8, 4) is 0 Å². The molecule has 29 heavy (non-hydrogen) atoms. The third-order valence-corrected chi connectivity index (χ3v) is 6.42. The zero-order chi connectivity index (χ0) is 20.7. The Morgan fingerprint density at radius 3 is 2.66 bits per heavy atom. The molecule has 2 aromatic heterocycles. The molecule has 0 spiro atoms. The number of ketones is 1. The van der Waals surface area contributed by atoms with Crippen LogP contribution in [0.2, 0.25) is 0 Å². The second kappa shape index (κ2) is 7.67. The van der Waals surface area contributed by atoms with Crippen LogP contribution in [0, 0.1) is 6.92 Å². The Morgan fingerprint density at radius 2 is 2.03 bits per heavy atom. The van der Waals surface area contributed by atoms with Gasteiger partial charge in [-0.05, 0) is 57.7 Å². The number of allylic oxidation sites excluding steroid dienone is 3. The van der Waals surface area contributed by atoms with E-state index in [9.17, 15) is 9.59 Å². The van der Waals surface area contributed by atoms with E-state index in [0.717, 1.165) is 17.9 Å². The van der Waals surface area contributed by atoms with E-state index in [2.05, 4.69) is 11.4 Å². The molecule has 0 amide bonds. The van der Waals surface area contributed by atoms with Crippen molar-refractivity contribution in [3.05, 3.63) is 68.6 Å². The Bertz CT molecular complexity index is 1010. The molecule has 4 rings (SSSR count). The first-order valence-corrected chi connectivity index (χ1v) is 10.8. The average Bonchev–Trinajstić information content (AvgIpc) is 3.31. The van der Waals surface area contributed by atoms with Gasteiger partial charge in [-0.15, -0.1) is 11.3 Å². The lowest BCUT2D eigenvalue weighted by molar-refractivity contribution is -0.143. The number of esters is 1. The van der Waals surface area contributed by atoms with Gasteiger partial charge in [0, 0.05) is 34.2 Å². The van der Waals surface area contributed by atoms with Crippen LogP contribution >= 0.6 is 11.3 Å². The maximum atomic E-state index is 13.3. The Kier molecular flexibility index (Phi) is 5.21. The van der Waals surface area contributed by atoms with Crippen LogP contribution in [0.4, 0.5) is 0 Å². The largest absolute Gasteiger partial charge is 0.465 e. The van der Waals surface area contributed by atoms with Gasteiger partial charge in [-0.2, -0.15) is 0 Å². The summed E-state index contributed by atoms with van der Waals surface area (Å²) in [4.78, 5) is 27.5. The summed E-state index contributed by atoms with van der Waals surface area (Å²) in [5.41, 5.74) is 2.69. The smallest absolute Gasteiger partial charge is 0.337 e. The predicted molar refractivity (Wildman–Crippen MR) is 112 cm³/mol. The lowest BCUT2D eigenvalue weighted by Gasteiger charge is -2.35. The molecule has 5 nitrogen and oxygen atoms in total.